The molecule has 1 unspecified atom stereocenters. The number of aromatic nitrogens is 1. The van der Waals surface area contributed by atoms with Crippen LogP contribution in [0.4, 0.5) is 0 Å². The third-order valence-corrected chi connectivity index (χ3v) is 4.63. The number of rotatable bonds is 6. The first-order valence-corrected chi connectivity index (χ1v) is 8.79. The molecule has 1 atom stereocenters. The van der Waals surface area contributed by atoms with Gasteiger partial charge in [-0.05, 0) is 31.0 Å². The SMILES string of the molecule is COCCCN1C(=O)C(=O)/C(=C(/O)c2ccncc2)C1c1ccc(C)cc1. The number of benzene rings is 1. The average molecular weight is 366 g/mol. The van der Waals surface area contributed by atoms with E-state index in [-0.39, 0.29) is 11.3 Å². The van der Waals surface area contributed by atoms with Crippen molar-refractivity contribution in [2.24, 2.45) is 0 Å². The highest BCUT2D eigenvalue weighted by Crippen LogP contribution is 2.39. The summed E-state index contributed by atoms with van der Waals surface area (Å²) in [7, 11) is 1.59. The zero-order chi connectivity index (χ0) is 19.4. The van der Waals surface area contributed by atoms with Crippen LogP contribution in [0.3, 0.4) is 0 Å². The molecule has 0 spiro atoms. The number of aliphatic hydroxyl groups is 1. The number of aliphatic hydroxyl groups excluding tert-OH is 1. The number of ether oxygens (including phenoxy) is 1. The Morgan fingerprint density at radius 1 is 1.15 bits per heavy atom. The lowest BCUT2D eigenvalue weighted by atomic mass is 9.95. The average Bonchev–Trinajstić information content (AvgIpc) is 2.94. The van der Waals surface area contributed by atoms with Crippen LogP contribution in [0.2, 0.25) is 0 Å². The third-order valence-electron chi connectivity index (χ3n) is 4.63. The lowest BCUT2D eigenvalue weighted by Gasteiger charge is -2.25. The van der Waals surface area contributed by atoms with Gasteiger partial charge in [0, 0.05) is 38.2 Å². The zero-order valence-electron chi connectivity index (χ0n) is 15.4. The molecular weight excluding hydrogens is 344 g/mol. The minimum absolute atomic E-state index is 0.104. The van der Waals surface area contributed by atoms with E-state index in [0.717, 1.165) is 11.1 Å². The van der Waals surface area contributed by atoms with Crippen LogP contribution < -0.4 is 0 Å². The molecule has 2 heterocycles. The highest BCUT2D eigenvalue weighted by molar-refractivity contribution is 6.46. The third kappa shape index (κ3) is 3.75. The van der Waals surface area contributed by atoms with E-state index >= 15 is 0 Å². The molecule has 1 fully saturated rings. The van der Waals surface area contributed by atoms with Gasteiger partial charge in [-0.15, -0.1) is 0 Å². The van der Waals surface area contributed by atoms with Crippen molar-refractivity contribution in [1.82, 2.24) is 9.88 Å². The molecular formula is C21H22N2O4. The number of likely N-dealkylation sites (tertiary alicyclic amines) is 1. The van der Waals surface area contributed by atoms with Crippen molar-refractivity contribution in [2.75, 3.05) is 20.3 Å². The number of aryl methyl sites for hydroxylation is 1. The molecule has 1 aliphatic heterocycles. The van der Waals surface area contributed by atoms with Gasteiger partial charge in [-0.25, -0.2) is 0 Å². The van der Waals surface area contributed by atoms with Gasteiger partial charge >= 0.3 is 0 Å². The highest BCUT2D eigenvalue weighted by atomic mass is 16.5. The van der Waals surface area contributed by atoms with Crippen LogP contribution in [0.25, 0.3) is 5.76 Å². The molecule has 1 amide bonds. The van der Waals surface area contributed by atoms with Crippen LogP contribution in [0, 0.1) is 6.92 Å². The second kappa shape index (κ2) is 8.14. The first-order valence-electron chi connectivity index (χ1n) is 8.79. The predicted molar refractivity (Wildman–Crippen MR) is 101 cm³/mol. The van der Waals surface area contributed by atoms with Crippen LogP contribution in [0.5, 0.6) is 0 Å². The Balaban J connectivity index is 2.10. The van der Waals surface area contributed by atoms with Crippen LogP contribution in [-0.4, -0.2) is 46.9 Å². The van der Waals surface area contributed by atoms with Crippen LogP contribution in [-0.2, 0) is 14.3 Å². The summed E-state index contributed by atoms with van der Waals surface area (Å²) in [6.07, 6.45) is 3.66. The second-order valence-electron chi connectivity index (χ2n) is 6.49. The molecule has 2 aromatic rings. The Bertz CT molecular complexity index is 860. The van der Waals surface area contributed by atoms with Gasteiger partial charge in [0.2, 0.25) is 0 Å². The summed E-state index contributed by atoms with van der Waals surface area (Å²) in [5.41, 5.74) is 2.42. The number of carbonyl (C=O) groups is 2. The highest BCUT2D eigenvalue weighted by Gasteiger charge is 2.45. The number of ketones is 1. The summed E-state index contributed by atoms with van der Waals surface area (Å²) in [4.78, 5) is 30.9. The summed E-state index contributed by atoms with van der Waals surface area (Å²) in [5, 5.41) is 10.8. The molecule has 140 valence electrons. The molecule has 0 bridgehead atoms. The number of pyridine rings is 1. The van der Waals surface area contributed by atoms with Crippen molar-refractivity contribution in [3.8, 4) is 0 Å². The molecule has 0 aliphatic carbocycles. The van der Waals surface area contributed by atoms with E-state index in [9.17, 15) is 14.7 Å². The maximum atomic E-state index is 12.8. The Kier molecular flexibility index (Phi) is 5.66. The van der Waals surface area contributed by atoms with E-state index in [1.165, 1.54) is 17.3 Å². The number of nitrogens with zero attached hydrogens (tertiary/aromatic N) is 2. The lowest BCUT2D eigenvalue weighted by Crippen LogP contribution is -2.31. The molecule has 1 saturated heterocycles. The van der Waals surface area contributed by atoms with Gasteiger partial charge in [0.25, 0.3) is 11.7 Å². The molecule has 0 radical (unpaired) electrons. The number of methoxy groups -OCH3 is 1. The van der Waals surface area contributed by atoms with E-state index in [1.54, 1.807) is 19.2 Å². The van der Waals surface area contributed by atoms with Crippen molar-refractivity contribution in [3.63, 3.8) is 0 Å². The largest absolute Gasteiger partial charge is 0.507 e. The Morgan fingerprint density at radius 3 is 2.44 bits per heavy atom. The van der Waals surface area contributed by atoms with E-state index in [2.05, 4.69) is 4.98 Å². The summed E-state index contributed by atoms with van der Waals surface area (Å²) in [6.45, 7) is 2.81. The second-order valence-corrected chi connectivity index (χ2v) is 6.49. The standard InChI is InChI=1S/C21H22N2O4/c1-14-4-6-15(7-5-14)18-17(19(24)16-8-10-22-11-9-16)20(25)21(26)23(18)12-3-13-27-2/h4-11,18,24H,3,12-13H2,1-2H3/b19-17+. The molecule has 1 N–H and O–H groups in total. The minimum Gasteiger partial charge on any atom is -0.507 e. The van der Waals surface area contributed by atoms with Gasteiger partial charge < -0.3 is 14.7 Å². The fourth-order valence-electron chi connectivity index (χ4n) is 3.25. The van der Waals surface area contributed by atoms with Crippen molar-refractivity contribution in [2.45, 2.75) is 19.4 Å². The normalized spacial score (nSPS) is 18.9. The molecule has 6 nitrogen and oxygen atoms in total. The number of carbonyl (C=O) groups excluding carboxylic acids is 2. The van der Waals surface area contributed by atoms with Gasteiger partial charge in [0.1, 0.15) is 5.76 Å². The Labute approximate surface area is 158 Å². The first-order chi connectivity index (χ1) is 13.0. The fourth-order valence-corrected chi connectivity index (χ4v) is 3.25. The Hall–Kier alpha value is -2.99. The maximum absolute atomic E-state index is 12.8. The molecule has 0 saturated carbocycles. The minimum atomic E-state index is -0.674. The quantitative estimate of drug-likeness (QED) is 0.368. The zero-order valence-corrected chi connectivity index (χ0v) is 15.4. The van der Waals surface area contributed by atoms with Gasteiger partial charge in [-0.1, -0.05) is 29.8 Å². The van der Waals surface area contributed by atoms with Gasteiger partial charge in [0.15, 0.2) is 0 Å². The number of Topliss-reactive ketones (excluding diaryl/α,β-unsaturated/α-hetero) is 1. The van der Waals surface area contributed by atoms with Crippen LogP contribution >= 0.6 is 0 Å². The molecule has 3 rings (SSSR count). The van der Waals surface area contributed by atoms with Gasteiger partial charge in [-0.2, -0.15) is 0 Å². The topological polar surface area (TPSA) is 79.7 Å². The predicted octanol–water partition coefficient (Wildman–Crippen LogP) is 2.85. The molecule has 1 aromatic heterocycles. The monoisotopic (exact) mass is 366 g/mol. The number of amides is 1. The van der Waals surface area contributed by atoms with Gasteiger partial charge in [0.05, 0.1) is 11.6 Å². The smallest absolute Gasteiger partial charge is 0.295 e. The van der Waals surface area contributed by atoms with E-state index in [4.69, 9.17) is 4.74 Å². The first kappa shape index (κ1) is 18.8. The van der Waals surface area contributed by atoms with E-state index < -0.39 is 17.7 Å². The summed E-state index contributed by atoms with van der Waals surface area (Å²) in [6, 6.07) is 10.2. The summed E-state index contributed by atoms with van der Waals surface area (Å²) >= 11 is 0. The van der Waals surface area contributed by atoms with Crippen LogP contribution in [0.15, 0.2) is 54.4 Å². The van der Waals surface area contributed by atoms with Crippen molar-refractivity contribution in [3.05, 3.63) is 71.1 Å². The molecule has 1 aromatic carbocycles. The molecule has 6 heteroatoms. The number of hydrogen-bond donors (Lipinski definition) is 1. The lowest BCUT2D eigenvalue weighted by molar-refractivity contribution is -0.140. The summed E-state index contributed by atoms with van der Waals surface area (Å²) in [5.74, 6) is -1.46. The van der Waals surface area contributed by atoms with E-state index in [0.29, 0.717) is 25.1 Å². The van der Waals surface area contributed by atoms with Crippen molar-refractivity contribution < 1.29 is 19.4 Å². The van der Waals surface area contributed by atoms with E-state index in [1.807, 2.05) is 31.2 Å². The fraction of sp³-hybridized carbons (Fsp3) is 0.286. The number of hydrogen-bond acceptors (Lipinski definition) is 5. The van der Waals surface area contributed by atoms with Crippen molar-refractivity contribution in [1.29, 1.82) is 0 Å². The van der Waals surface area contributed by atoms with Crippen molar-refractivity contribution >= 4 is 17.4 Å². The maximum Gasteiger partial charge on any atom is 0.295 e. The van der Waals surface area contributed by atoms with Crippen LogP contribution in [0.1, 0.15) is 29.2 Å². The van der Waals surface area contributed by atoms with Gasteiger partial charge in [-0.3, -0.25) is 14.6 Å². The summed E-state index contributed by atoms with van der Waals surface area (Å²) < 4.78 is 5.07. The molecule has 1 aliphatic rings. The molecule has 27 heavy (non-hydrogen) atoms. The Morgan fingerprint density at radius 2 is 1.81 bits per heavy atom.